The van der Waals surface area contributed by atoms with Gasteiger partial charge in [-0.15, -0.1) is 0 Å². The van der Waals surface area contributed by atoms with Gasteiger partial charge in [0.05, 0.1) is 6.54 Å². The molecule has 0 bridgehead atoms. The standard InChI is InChI=1S/C10H9ClN2O3/c11-7-4-2-1-3-6(7)5-13-9(15)8(14)12-10(13)16/h1-4,9,15H,5H2,(H,12,14,16). The molecule has 0 saturated carbocycles. The first kappa shape index (κ1) is 10.9. The highest BCUT2D eigenvalue weighted by Crippen LogP contribution is 2.19. The number of carbonyl (C=O) groups excluding carboxylic acids is 2. The first-order valence-corrected chi connectivity index (χ1v) is 5.00. The predicted octanol–water partition coefficient (Wildman–Crippen LogP) is 0.710. The van der Waals surface area contributed by atoms with Gasteiger partial charge < -0.3 is 5.11 Å². The van der Waals surface area contributed by atoms with Gasteiger partial charge in [-0.25, -0.2) is 4.79 Å². The minimum Gasteiger partial charge on any atom is -0.365 e. The molecule has 1 aromatic carbocycles. The van der Waals surface area contributed by atoms with Crippen LogP contribution in [0, 0.1) is 0 Å². The van der Waals surface area contributed by atoms with Crippen molar-refractivity contribution in [3.8, 4) is 0 Å². The summed E-state index contributed by atoms with van der Waals surface area (Å²) in [5.74, 6) is -0.711. The van der Waals surface area contributed by atoms with Gasteiger partial charge in [-0.3, -0.25) is 15.0 Å². The van der Waals surface area contributed by atoms with E-state index < -0.39 is 18.2 Å². The first-order valence-electron chi connectivity index (χ1n) is 4.62. The molecule has 1 saturated heterocycles. The van der Waals surface area contributed by atoms with Crippen LogP contribution >= 0.6 is 11.6 Å². The smallest absolute Gasteiger partial charge is 0.326 e. The van der Waals surface area contributed by atoms with Crippen LogP contribution in [0.5, 0.6) is 0 Å². The van der Waals surface area contributed by atoms with Gasteiger partial charge in [-0.2, -0.15) is 0 Å². The Kier molecular flexibility index (Phi) is 2.80. The fourth-order valence-electron chi connectivity index (χ4n) is 1.46. The van der Waals surface area contributed by atoms with E-state index >= 15 is 0 Å². The second-order valence-electron chi connectivity index (χ2n) is 3.39. The molecule has 1 atom stereocenters. The van der Waals surface area contributed by atoms with Crippen LogP contribution in [0.15, 0.2) is 24.3 Å². The molecule has 1 aromatic rings. The zero-order valence-electron chi connectivity index (χ0n) is 8.18. The SMILES string of the molecule is O=C1NC(=O)N(Cc2ccccc2Cl)C1O. The Morgan fingerprint density at radius 3 is 2.62 bits per heavy atom. The number of aliphatic hydroxyl groups is 1. The van der Waals surface area contributed by atoms with Crippen molar-refractivity contribution in [2.75, 3.05) is 0 Å². The first-order chi connectivity index (χ1) is 7.59. The summed E-state index contributed by atoms with van der Waals surface area (Å²) in [6.07, 6.45) is -1.44. The quantitative estimate of drug-likeness (QED) is 0.748. The lowest BCUT2D eigenvalue weighted by Crippen LogP contribution is -2.34. The number of aliphatic hydroxyl groups excluding tert-OH is 1. The summed E-state index contributed by atoms with van der Waals surface area (Å²) in [7, 11) is 0. The van der Waals surface area contributed by atoms with Gasteiger partial charge in [0.15, 0.2) is 0 Å². The molecule has 2 N–H and O–H groups in total. The molecule has 1 unspecified atom stereocenters. The monoisotopic (exact) mass is 240 g/mol. The number of hydrogen-bond donors (Lipinski definition) is 2. The number of carbonyl (C=O) groups is 2. The van der Waals surface area contributed by atoms with Crippen molar-refractivity contribution in [1.82, 2.24) is 10.2 Å². The Hall–Kier alpha value is -1.59. The molecule has 5 nitrogen and oxygen atoms in total. The van der Waals surface area contributed by atoms with E-state index in [0.717, 1.165) is 4.90 Å². The van der Waals surface area contributed by atoms with Crippen molar-refractivity contribution < 1.29 is 14.7 Å². The number of hydrogen-bond acceptors (Lipinski definition) is 3. The maximum Gasteiger partial charge on any atom is 0.326 e. The third-order valence-electron chi connectivity index (χ3n) is 2.32. The highest BCUT2D eigenvalue weighted by atomic mass is 35.5. The largest absolute Gasteiger partial charge is 0.365 e. The fourth-order valence-corrected chi connectivity index (χ4v) is 1.66. The van der Waals surface area contributed by atoms with Gasteiger partial charge in [0.1, 0.15) is 0 Å². The Morgan fingerprint density at radius 1 is 1.38 bits per heavy atom. The molecule has 16 heavy (non-hydrogen) atoms. The summed E-state index contributed by atoms with van der Waals surface area (Å²) >= 11 is 5.91. The number of imide groups is 1. The third-order valence-corrected chi connectivity index (χ3v) is 2.69. The Balaban J connectivity index is 2.19. The molecule has 1 heterocycles. The van der Waals surface area contributed by atoms with E-state index in [2.05, 4.69) is 0 Å². The maximum atomic E-state index is 11.3. The van der Waals surface area contributed by atoms with Gasteiger partial charge in [0, 0.05) is 5.02 Å². The van der Waals surface area contributed by atoms with Crippen LogP contribution in [0.1, 0.15) is 5.56 Å². The normalized spacial score (nSPS) is 20.1. The number of rotatable bonds is 2. The lowest BCUT2D eigenvalue weighted by atomic mass is 10.2. The van der Waals surface area contributed by atoms with Crippen molar-refractivity contribution in [3.63, 3.8) is 0 Å². The average Bonchev–Trinajstić information content (AvgIpc) is 2.48. The molecule has 1 aliphatic heterocycles. The highest BCUT2D eigenvalue weighted by molar-refractivity contribution is 6.31. The van der Waals surface area contributed by atoms with E-state index in [-0.39, 0.29) is 6.54 Å². The Morgan fingerprint density at radius 2 is 2.06 bits per heavy atom. The summed E-state index contributed by atoms with van der Waals surface area (Å²) in [6, 6.07) is 6.32. The number of halogens is 1. The van der Waals surface area contributed by atoms with E-state index in [9.17, 15) is 14.7 Å². The lowest BCUT2D eigenvalue weighted by Gasteiger charge is -2.17. The summed E-state index contributed by atoms with van der Waals surface area (Å²) in [5, 5.41) is 11.9. The van der Waals surface area contributed by atoms with Crippen LogP contribution in [0.25, 0.3) is 0 Å². The zero-order chi connectivity index (χ0) is 11.7. The van der Waals surface area contributed by atoms with Gasteiger partial charge >= 0.3 is 6.03 Å². The summed E-state index contributed by atoms with van der Waals surface area (Å²) in [4.78, 5) is 23.3. The summed E-state index contributed by atoms with van der Waals surface area (Å²) < 4.78 is 0. The molecule has 1 aliphatic rings. The van der Waals surface area contributed by atoms with Gasteiger partial charge in [-0.05, 0) is 11.6 Å². The number of benzene rings is 1. The minimum absolute atomic E-state index is 0.0956. The molecule has 3 amide bonds. The molecule has 6 heteroatoms. The molecule has 2 rings (SSSR count). The summed E-state index contributed by atoms with van der Waals surface area (Å²) in [6.45, 7) is 0.0956. The van der Waals surface area contributed by atoms with E-state index in [1.165, 1.54) is 0 Å². The second-order valence-corrected chi connectivity index (χ2v) is 3.79. The molecular weight excluding hydrogens is 232 g/mol. The van der Waals surface area contributed by atoms with Crippen LogP contribution in [-0.4, -0.2) is 28.2 Å². The molecule has 0 aliphatic carbocycles. The van der Waals surface area contributed by atoms with E-state index in [4.69, 9.17) is 11.6 Å². The van der Waals surface area contributed by atoms with Crippen molar-refractivity contribution in [3.05, 3.63) is 34.9 Å². The van der Waals surface area contributed by atoms with Crippen molar-refractivity contribution in [1.29, 1.82) is 0 Å². The zero-order valence-corrected chi connectivity index (χ0v) is 8.94. The van der Waals surface area contributed by atoms with Crippen LogP contribution in [0.2, 0.25) is 5.02 Å². The molecular formula is C10H9ClN2O3. The molecule has 0 radical (unpaired) electrons. The molecule has 1 fully saturated rings. The molecule has 0 spiro atoms. The lowest BCUT2D eigenvalue weighted by molar-refractivity contribution is -0.130. The fraction of sp³-hybridized carbons (Fsp3) is 0.200. The van der Waals surface area contributed by atoms with Gasteiger partial charge in [-0.1, -0.05) is 29.8 Å². The average molecular weight is 241 g/mol. The van der Waals surface area contributed by atoms with E-state index in [1.807, 2.05) is 5.32 Å². The second kappa shape index (κ2) is 4.11. The van der Waals surface area contributed by atoms with Crippen LogP contribution in [0.3, 0.4) is 0 Å². The van der Waals surface area contributed by atoms with Crippen molar-refractivity contribution in [2.45, 2.75) is 12.8 Å². The van der Waals surface area contributed by atoms with Crippen molar-refractivity contribution in [2.24, 2.45) is 0 Å². The summed E-state index contributed by atoms with van der Waals surface area (Å²) in [5.41, 5.74) is 0.674. The Bertz CT molecular complexity index is 449. The van der Waals surface area contributed by atoms with Crippen molar-refractivity contribution >= 4 is 23.5 Å². The van der Waals surface area contributed by atoms with Crippen LogP contribution in [-0.2, 0) is 11.3 Å². The topological polar surface area (TPSA) is 69.6 Å². The molecule has 0 aromatic heterocycles. The third kappa shape index (κ3) is 1.87. The number of amides is 3. The highest BCUT2D eigenvalue weighted by Gasteiger charge is 2.36. The van der Waals surface area contributed by atoms with Gasteiger partial charge in [0.2, 0.25) is 6.23 Å². The maximum absolute atomic E-state index is 11.3. The number of urea groups is 1. The number of nitrogens with one attached hydrogen (secondary N) is 1. The molecule has 84 valence electrons. The van der Waals surface area contributed by atoms with E-state index in [0.29, 0.717) is 10.6 Å². The predicted molar refractivity (Wildman–Crippen MR) is 56.5 cm³/mol. The van der Waals surface area contributed by atoms with Gasteiger partial charge in [0.25, 0.3) is 5.91 Å². The van der Waals surface area contributed by atoms with Crippen LogP contribution in [0.4, 0.5) is 4.79 Å². The van der Waals surface area contributed by atoms with Crippen LogP contribution < -0.4 is 5.32 Å². The Labute approximate surface area is 96.6 Å². The number of nitrogens with zero attached hydrogens (tertiary/aromatic N) is 1. The van der Waals surface area contributed by atoms with E-state index in [1.54, 1.807) is 24.3 Å². The minimum atomic E-state index is -1.44.